The SMILES string of the molecule is CC(c1ccc(C(F)(F)F)cc1)N(C)C(=O)NC1CCC(C(=O)O)CC1. The van der Waals surface area contributed by atoms with E-state index < -0.39 is 23.8 Å². The zero-order valence-electron chi connectivity index (χ0n) is 14.7. The molecule has 1 saturated carbocycles. The highest BCUT2D eigenvalue weighted by molar-refractivity contribution is 5.75. The summed E-state index contributed by atoms with van der Waals surface area (Å²) in [6.07, 6.45) is -2.13. The van der Waals surface area contributed by atoms with Crippen molar-refractivity contribution in [3.05, 3.63) is 35.4 Å². The van der Waals surface area contributed by atoms with Gasteiger partial charge in [-0.15, -0.1) is 0 Å². The number of nitrogens with zero attached hydrogens (tertiary/aromatic N) is 1. The summed E-state index contributed by atoms with van der Waals surface area (Å²) in [4.78, 5) is 24.8. The van der Waals surface area contributed by atoms with Gasteiger partial charge in [0.05, 0.1) is 17.5 Å². The molecule has 8 heteroatoms. The number of amides is 2. The molecule has 2 amide bonds. The highest BCUT2D eigenvalue weighted by Crippen LogP contribution is 2.31. The lowest BCUT2D eigenvalue weighted by Crippen LogP contribution is -2.45. The van der Waals surface area contributed by atoms with Crippen LogP contribution in [-0.2, 0) is 11.0 Å². The quantitative estimate of drug-likeness (QED) is 0.838. The summed E-state index contributed by atoms with van der Waals surface area (Å²) < 4.78 is 37.9. The van der Waals surface area contributed by atoms with Crippen molar-refractivity contribution in [1.29, 1.82) is 0 Å². The van der Waals surface area contributed by atoms with E-state index >= 15 is 0 Å². The van der Waals surface area contributed by atoms with Gasteiger partial charge in [0.15, 0.2) is 0 Å². The van der Waals surface area contributed by atoms with E-state index in [-0.39, 0.29) is 18.0 Å². The topological polar surface area (TPSA) is 69.6 Å². The minimum atomic E-state index is -4.39. The highest BCUT2D eigenvalue weighted by atomic mass is 19.4. The molecular weight excluding hydrogens is 349 g/mol. The van der Waals surface area contributed by atoms with Gasteiger partial charge < -0.3 is 15.3 Å². The van der Waals surface area contributed by atoms with E-state index in [1.54, 1.807) is 14.0 Å². The number of carbonyl (C=O) groups excluding carboxylic acids is 1. The van der Waals surface area contributed by atoms with Crippen LogP contribution in [0.2, 0.25) is 0 Å². The van der Waals surface area contributed by atoms with E-state index in [0.717, 1.165) is 12.1 Å². The first kappa shape index (κ1) is 20.1. The molecule has 26 heavy (non-hydrogen) atoms. The van der Waals surface area contributed by atoms with Crippen LogP contribution in [0, 0.1) is 5.92 Å². The zero-order chi connectivity index (χ0) is 19.5. The van der Waals surface area contributed by atoms with E-state index in [4.69, 9.17) is 5.11 Å². The highest BCUT2D eigenvalue weighted by Gasteiger charge is 2.31. The van der Waals surface area contributed by atoms with Gasteiger partial charge in [-0.05, 0) is 50.3 Å². The van der Waals surface area contributed by atoms with Crippen LogP contribution in [0.4, 0.5) is 18.0 Å². The molecule has 144 valence electrons. The fourth-order valence-electron chi connectivity index (χ4n) is 3.11. The molecule has 0 aromatic heterocycles. The van der Waals surface area contributed by atoms with Crippen LogP contribution in [0.5, 0.6) is 0 Å². The van der Waals surface area contributed by atoms with Gasteiger partial charge in [0, 0.05) is 13.1 Å². The third-order valence-corrected chi connectivity index (χ3v) is 5.03. The van der Waals surface area contributed by atoms with Gasteiger partial charge in [-0.1, -0.05) is 12.1 Å². The monoisotopic (exact) mass is 372 g/mol. The minimum Gasteiger partial charge on any atom is -0.481 e. The predicted octanol–water partition coefficient (Wildman–Crippen LogP) is 4.05. The molecular formula is C18H23F3N2O3. The van der Waals surface area contributed by atoms with Crippen LogP contribution >= 0.6 is 0 Å². The fraction of sp³-hybridized carbons (Fsp3) is 0.556. The van der Waals surface area contributed by atoms with Crippen molar-refractivity contribution in [1.82, 2.24) is 10.2 Å². The van der Waals surface area contributed by atoms with Crippen molar-refractivity contribution < 1.29 is 27.9 Å². The van der Waals surface area contributed by atoms with E-state index in [9.17, 15) is 22.8 Å². The predicted molar refractivity (Wildman–Crippen MR) is 89.5 cm³/mol. The second kappa shape index (κ2) is 7.97. The minimum absolute atomic E-state index is 0.0830. The second-order valence-electron chi connectivity index (χ2n) is 6.74. The molecule has 0 bridgehead atoms. The van der Waals surface area contributed by atoms with Crippen molar-refractivity contribution in [2.24, 2.45) is 5.92 Å². The zero-order valence-corrected chi connectivity index (χ0v) is 14.7. The van der Waals surface area contributed by atoms with Gasteiger partial charge in [-0.25, -0.2) is 4.79 Å². The molecule has 0 heterocycles. The Labute approximate surface area is 150 Å². The van der Waals surface area contributed by atoms with Crippen LogP contribution < -0.4 is 5.32 Å². The number of halogens is 3. The first-order valence-corrected chi connectivity index (χ1v) is 8.53. The molecule has 1 aromatic carbocycles. The fourth-order valence-corrected chi connectivity index (χ4v) is 3.11. The van der Waals surface area contributed by atoms with Gasteiger partial charge in [0.1, 0.15) is 0 Å². The molecule has 0 saturated heterocycles. The second-order valence-corrected chi connectivity index (χ2v) is 6.74. The maximum absolute atomic E-state index is 12.6. The summed E-state index contributed by atoms with van der Waals surface area (Å²) in [5.41, 5.74) is -0.124. The molecule has 0 aliphatic heterocycles. The van der Waals surface area contributed by atoms with Gasteiger partial charge in [-0.2, -0.15) is 13.2 Å². The smallest absolute Gasteiger partial charge is 0.416 e. The average molecular weight is 372 g/mol. The Morgan fingerprint density at radius 3 is 2.15 bits per heavy atom. The van der Waals surface area contributed by atoms with Gasteiger partial charge in [-0.3, -0.25) is 4.79 Å². The van der Waals surface area contributed by atoms with Crippen LogP contribution in [0.3, 0.4) is 0 Å². The molecule has 0 radical (unpaired) electrons. The number of nitrogens with one attached hydrogen (secondary N) is 1. The molecule has 1 fully saturated rings. The third-order valence-electron chi connectivity index (χ3n) is 5.03. The van der Waals surface area contributed by atoms with Crippen LogP contribution in [0.25, 0.3) is 0 Å². The Kier molecular flexibility index (Phi) is 6.15. The third kappa shape index (κ3) is 4.89. The van der Waals surface area contributed by atoms with Crippen molar-refractivity contribution in [3.8, 4) is 0 Å². The summed E-state index contributed by atoms with van der Waals surface area (Å²) in [6.45, 7) is 1.74. The lowest BCUT2D eigenvalue weighted by molar-refractivity contribution is -0.143. The molecule has 0 spiro atoms. The molecule has 2 N–H and O–H groups in total. The Hall–Kier alpha value is -2.25. The van der Waals surface area contributed by atoms with Crippen LogP contribution in [0.15, 0.2) is 24.3 Å². The van der Waals surface area contributed by atoms with E-state index in [1.165, 1.54) is 17.0 Å². The van der Waals surface area contributed by atoms with Crippen LogP contribution in [0.1, 0.15) is 49.8 Å². The lowest BCUT2D eigenvalue weighted by Gasteiger charge is -2.31. The number of carboxylic acids is 1. The molecule has 5 nitrogen and oxygen atoms in total. The van der Waals surface area contributed by atoms with E-state index in [0.29, 0.717) is 31.2 Å². The van der Waals surface area contributed by atoms with Gasteiger partial charge in [0.25, 0.3) is 0 Å². The molecule has 2 rings (SSSR count). The summed E-state index contributed by atoms with van der Waals surface area (Å²) in [6, 6.07) is 3.95. The Balaban J connectivity index is 1.92. The summed E-state index contributed by atoms with van der Waals surface area (Å²) in [7, 11) is 1.58. The summed E-state index contributed by atoms with van der Waals surface area (Å²) >= 11 is 0. The number of carbonyl (C=O) groups is 2. The van der Waals surface area contributed by atoms with Crippen molar-refractivity contribution in [2.75, 3.05) is 7.05 Å². The van der Waals surface area contributed by atoms with Crippen molar-refractivity contribution >= 4 is 12.0 Å². The molecule has 1 aliphatic carbocycles. The number of hydrogen-bond donors (Lipinski definition) is 2. The van der Waals surface area contributed by atoms with Gasteiger partial charge in [0.2, 0.25) is 0 Å². The largest absolute Gasteiger partial charge is 0.481 e. The van der Waals surface area contributed by atoms with Gasteiger partial charge >= 0.3 is 18.2 Å². The maximum atomic E-state index is 12.6. The number of carboxylic acid groups (broad SMARTS) is 1. The normalized spacial score (nSPS) is 21.7. The lowest BCUT2D eigenvalue weighted by atomic mass is 9.86. The molecule has 1 aliphatic rings. The standard InChI is InChI=1S/C18H23F3N2O3/c1-11(12-3-7-14(8-4-12)18(19,20)21)23(2)17(26)22-15-9-5-13(6-10-15)16(24)25/h3-4,7-8,11,13,15H,5-6,9-10H2,1-2H3,(H,22,26)(H,24,25). The first-order valence-electron chi connectivity index (χ1n) is 8.53. The number of alkyl halides is 3. The van der Waals surface area contributed by atoms with Crippen LogP contribution in [-0.4, -0.2) is 35.1 Å². The summed E-state index contributed by atoms with van der Waals surface area (Å²) in [5, 5.41) is 11.9. The Bertz CT molecular complexity index is 638. The number of hydrogen-bond acceptors (Lipinski definition) is 2. The number of rotatable bonds is 4. The maximum Gasteiger partial charge on any atom is 0.416 e. The molecule has 1 unspecified atom stereocenters. The number of aliphatic carboxylic acids is 1. The molecule has 1 atom stereocenters. The first-order chi connectivity index (χ1) is 12.1. The summed E-state index contributed by atoms with van der Waals surface area (Å²) in [5.74, 6) is -1.16. The van der Waals surface area contributed by atoms with Crippen molar-refractivity contribution in [2.45, 2.75) is 50.9 Å². The molecule has 1 aromatic rings. The van der Waals surface area contributed by atoms with Crippen molar-refractivity contribution in [3.63, 3.8) is 0 Å². The number of benzene rings is 1. The van der Waals surface area contributed by atoms with E-state index in [2.05, 4.69) is 5.32 Å². The number of urea groups is 1. The average Bonchev–Trinajstić information content (AvgIpc) is 2.60. The Morgan fingerprint density at radius 1 is 1.15 bits per heavy atom. The Morgan fingerprint density at radius 2 is 1.69 bits per heavy atom. The van der Waals surface area contributed by atoms with E-state index in [1.807, 2.05) is 0 Å².